The Kier molecular flexibility index (Phi) is 3.54. The van der Waals surface area contributed by atoms with Gasteiger partial charge < -0.3 is 4.74 Å². The van der Waals surface area contributed by atoms with Crippen molar-refractivity contribution < 1.29 is 13.9 Å². The lowest BCUT2D eigenvalue weighted by Gasteiger charge is -2.57. The molecule has 3 fully saturated rings. The van der Waals surface area contributed by atoms with Crippen LogP contribution in [0.2, 0.25) is 0 Å². The normalized spacial score (nSPS) is 39.7. The lowest BCUT2D eigenvalue weighted by atomic mass is 9.65. The van der Waals surface area contributed by atoms with Crippen molar-refractivity contribution >= 4 is 5.97 Å². The summed E-state index contributed by atoms with van der Waals surface area (Å²) < 4.78 is 19.0. The third-order valence-corrected chi connectivity index (χ3v) is 6.72. The first-order chi connectivity index (χ1) is 11.3. The maximum atomic E-state index is 13.3. The van der Waals surface area contributed by atoms with Crippen molar-refractivity contribution in [1.29, 1.82) is 0 Å². The number of hydrogen-bond donors (Lipinski definition) is 0. The quantitative estimate of drug-likeness (QED) is 0.733. The smallest absolute Gasteiger partial charge is 0.306 e. The molecule has 0 N–H and O–H groups in total. The number of fused-ring (bicyclic) bond motifs is 1. The second kappa shape index (κ2) is 5.29. The molecule has 1 aromatic rings. The van der Waals surface area contributed by atoms with Gasteiger partial charge in [-0.15, -0.1) is 0 Å². The summed E-state index contributed by atoms with van der Waals surface area (Å²) in [5, 5.41) is 0. The van der Waals surface area contributed by atoms with E-state index in [9.17, 15) is 9.18 Å². The van der Waals surface area contributed by atoms with Gasteiger partial charge >= 0.3 is 5.97 Å². The number of carbonyl (C=O) groups is 1. The van der Waals surface area contributed by atoms with Crippen LogP contribution in [-0.2, 0) is 14.9 Å². The minimum atomic E-state index is -0.216. The third kappa shape index (κ3) is 2.55. The topological polar surface area (TPSA) is 29.5 Å². The fourth-order valence-electron chi connectivity index (χ4n) is 5.13. The molecule has 3 atom stereocenters. The van der Waals surface area contributed by atoms with E-state index in [1.54, 1.807) is 12.1 Å². The zero-order valence-corrected chi connectivity index (χ0v) is 14.6. The molecule has 4 rings (SSSR count). The van der Waals surface area contributed by atoms with Gasteiger partial charge in [0.15, 0.2) is 0 Å². The highest BCUT2D eigenvalue weighted by atomic mass is 19.1. The van der Waals surface area contributed by atoms with Crippen LogP contribution in [0.15, 0.2) is 24.3 Å². The number of carbonyl (C=O) groups excluding carboxylic acids is 1. The van der Waals surface area contributed by atoms with Gasteiger partial charge in [-0.3, -0.25) is 9.69 Å². The Bertz CT molecular complexity index is 660. The second-order valence-corrected chi connectivity index (χ2v) is 8.57. The molecule has 24 heavy (non-hydrogen) atoms. The van der Waals surface area contributed by atoms with E-state index in [-0.39, 0.29) is 28.3 Å². The van der Waals surface area contributed by atoms with E-state index in [1.807, 2.05) is 12.1 Å². The highest BCUT2D eigenvalue weighted by Crippen LogP contribution is 2.50. The first-order valence-corrected chi connectivity index (χ1v) is 9.06. The van der Waals surface area contributed by atoms with Crippen molar-refractivity contribution in [2.75, 3.05) is 13.1 Å². The van der Waals surface area contributed by atoms with Crippen LogP contribution in [0.1, 0.15) is 57.9 Å². The molecule has 3 unspecified atom stereocenters. The van der Waals surface area contributed by atoms with Crippen molar-refractivity contribution in [3.05, 3.63) is 35.6 Å². The Balaban J connectivity index is 1.54. The molecule has 0 aromatic heterocycles. The van der Waals surface area contributed by atoms with Gasteiger partial charge in [-0.1, -0.05) is 19.1 Å². The van der Waals surface area contributed by atoms with E-state index >= 15 is 0 Å². The zero-order chi connectivity index (χ0) is 17.0. The van der Waals surface area contributed by atoms with E-state index in [0.717, 1.165) is 45.2 Å². The standard InChI is InChI=1S/C20H26FNO2/c1-18(15-3-5-16(21)6-4-15)9-10-19(2)13-20(8-7-17(23)24-20)11-12-22(19)14-18/h3-6H,7-14H2,1-2H3. The van der Waals surface area contributed by atoms with Crippen LogP contribution in [0, 0.1) is 5.82 Å². The van der Waals surface area contributed by atoms with Crippen molar-refractivity contribution in [1.82, 2.24) is 4.90 Å². The van der Waals surface area contributed by atoms with Gasteiger partial charge in [0.25, 0.3) is 0 Å². The minimum Gasteiger partial charge on any atom is -0.459 e. The summed E-state index contributed by atoms with van der Waals surface area (Å²) in [6.07, 6.45) is 5.50. The van der Waals surface area contributed by atoms with Crippen LogP contribution < -0.4 is 0 Å². The molecular formula is C20H26FNO2. The van der Waals surface area contributed by atoms with Crippen LogP contribution in [-0.4, -0.2) is 35.1 Å². The Morgan fingerprint density at radius 3 is 2.50 bits per heavy atom. The summed E-state index contributed by atoms with van der Waals surface area (Å²) in [5.41, 5.74) is 1.16. The predicted octanol–water partition coefficient (Wildman–Crippen LogP) is 3.81. The fraction of sp³-hybridized carbons (Fsp3) is 0.650. The number of nitrogens with zero attached hydrogens (tertiary/aromatic N) is 1. The van der Waals surface area contributed by atoms with E-state index in [4.69, 9.17) is 4.74 Å². The van der Waals surface area contributed by atoms with Crippen molar-refractivity contribution in [3.63, 3.8) is 0 Å². The van der Waals surface area contributed by atoms with Crippen LogP contribution in [0.3, 0.4) is 0 Å². The number of hydrogen-bond acceptors (Lipinski definition) is 3. The van der Waals surface area contributed by atoms with Gasteiger partial charge in [-0.25, -0.2) is 4.39 Å². The molecule has 3 nitrogen and oxygen atoms in total. The molecule has 0 saturated carbocycles. The van der Waals surface area contributed by atoms with Crippen molar-refractivity contribution in [2.45, 2.75) is 68.9 Å². The van der Waals surface area contributed by atoms with Gasteiger partial charge in [0.1, 0.15) is 11.4 Å². The molecular weight excluding hydrogens is 305 g/mol. The van der Waals surface area contributed by atoms with Crippen LogP contribution >= 0.6 is 0 Å². The van der Waals surface area contributed by atoms with E-state index in [2.05, 4.69) is 18.7 Å². The molecule has 0 bridgehead atoms. The van der Waals surface area contributed by atoms with Gasteiger partial charge in [-0.2, -0.15) is 0 Å². The number of benzene rings is 1. The van der Waals surface area contributed by atoms with Gasteiger partial charge in [-0.05, 0) is 43.9 Å². The molecule has 4 heteroatoms. The van der Waals surface area contributed by atoms with Crippen LogP contribution in [0.5, 0.6) is 0 Å². The Hall–Kier alpha value is -1.42. The molecule has 130 valence electrons. The molecule has 3 aliphatic heterocycles. The fourth-order valence-corrected chi connectivity index (χ4v) is 5.13. The minimum absolute atomic E-state index is 0.0287. The van der Waals surface area contributed by atoms with Crippen molar-refractivity contribution in [2.24, 2.45) is 0 Å². The van der Waals surface area contributed by atoms with Crippen molar-refractivity contribution in [3.8, 4) is 0 Å². The van der Waals surface area contributed by atoms with E-state index in [0.29, 0.717) is 6.42 Å². The largest absolute Gasteiger partial charge is 0.459 e. The first-order valence-electron chi connectivity index (χ1n) is 9.06. The predicted molar refractivity (Wildman–Crippen MR) is 90.3 cm³/mol. The third-order valence-electron chi connectivity index (χ3n) is 6.72. The molecule has 1 aromatic carbocycles. The lowest BCUT2D eigenvalue weighted by Crippen LogP contribution is -2.63. The van der Waals surface area contributed by atoms with E-state index < -0.39 is 0 Å². The number of esters is 1. The molecule has 1 spiro atoms. The van der Waals surface area contributed by atoms with Gasteiger partial charge in [0.05, 0.1) is 0 Å². The van der Waals surface area contributed by atoms with Gasteiger partial charge in [0.2, 0.25) is 0 Å². The maximum absolute atomic E-state index is 13.3. The van der Waals surface area contributed by atoms with Crippen LogP contribution in [0.4, 0.5) is 4.39 Å². The monoisotopic (exact) mass is 331 g/mol. The first kappa shape index (κ1) is 16.1. The Labute approximate surface area is 143 Å². The number of rotatable bonds is 1. The van der Waals surface area contributed by atoms with E-state index in [1.165, 1.54) is 5.56 Å². The summed E-state index contributed by atoms with van der Waals surface area (Å²) in [6.45, 7) is 6.57. The molecule has 3 saturated heterocycles. The highest BCUT2D eigenvalue weighted by molar-refractivity contribution is 5.72. The average molecular weight is 331 g/mol. The SMILES string of the molecule is CC1(c2ccc(F)cc2)CCC2(C)CC3(CCC(=O)O3)CCN2C1. The summed E-state index contributed by atoms with van der Waals surface area (Å²) in [5.74, 6) is -0.204. The molecule has 3 aliphatic rings. The summed E-state index contributed by atoms with van der Waals surface area (Å²) in [7, 11) is 0. The maximum Gasteiger partial charge on any atom is 0.306 e. The van der Waals surface area contributed by atoms with Gasteiger partial charge in [0, 0.05) is 43.3 Å². The Morgan fingerprint density at radius 1 is 1.08 bits per heavy atom. The summed E-state index contributed by atoms with van der Waals surface area (Å²) >= 11 is 0. The number of piperidine rings is 2. The molecule has 0 aliphatic carbocycles. The summed E-state index contributed by atoms with van der Waals surface area (Å²) in [6, 6.07) is 7.00. The lowest BCUT2D eigenvalue weighted by molar-refractivity contribution is -0.160. The summed E-state index contributed by atoms with van der Waals surface area (Å²) in [4.78, 5) is 14.2. The molecule has 0 amide bonds. The Morgan fingerprint density at radius 2 is 1.83 bits per heavy atom. The number of ether oxygens (including phenoxy) is 1. The average Bonchev–Trinajstić information content (AvgIpc) is 2.89. The highest BCUT2D eigenvalue weighted by Gasteiger charge is 2.54. The second-order valence-electron chi connectivity index (χ2n) is 8.57. The molecule has 0 radical (unpaired) electrons. The molecule has 3 heterocycles. The zero-order valence-electron chi connectivity index (χ0n) is 14.6. The van der Waals surface area contributed by atoms with Crippen LogP contribution in [0.25, 0.3) is 0 Å². The number of halogens is 1.